The molecule has 30 heavy (non-hydrogen) atoms. The van der Waals surface area contributed by atoms with E-state index >= 15 is 0 Å². The zero-order valence-corrected chi connectivity index (χ0v) is 18.8. The molecule has 0 saturated heterocycles. The lowest BCUT2D eigenvalue weighted by Gasteiger charge is -2.14. The highest BCUT2D eigenvalue weighted by molar-refractivity contribution is 7.92. The Kier molecular flexibility index (Phi) is 6.19. The first-order valence-electron chi connectivity index (χ1n) is 9.35. The first-order chi connectivity index (χ1) is 14.1. The Balaban J connectivity index is 1.89. The Hall–Kier alpha value is -2.83. The van der Waals surface area contributed by atoms with Gasteiger partial charge in [-0.15, -0.1) is 0 Å². The second-order valence-corrected chi connectivity index (χ2v) is 9.39. The molecule has 156 valence electrons. The van der Waals surface area contributed by atoms with Crippen molar-refractivity contribution in [3.05, 3.63) is 87.4 Å². The van der Waals surface area contributed by atoms with Gasteiger partial charge in [0.2, 0.25) is 0 Å². The van der Waals surface area contributed by atoms with Crippen molar-refractivity contribution in [3.63, 3.8) is 0 Å². The van der Waals surface area contributed by atoms with Crippen LogP contribution in [-0.2, 0) is 10.0 Å². The van der Waals surface area contributed by atoms with Crippen LogP contribution in [0.5, 0.6) is 0 Å². The van der Waals surface area contributed by atoms with Crippen LogP contribution >= 0.6 is 11.6 Å². The van der Waals surface area contributed by atoms with E-state index in [0.29, 0.717) is 22.0 Å². The Morgan fingerprint density at radius 1 is 0.800 bits per heavy atom. The SMILES string of the molecule is Cc1ccc(NS(=O)(=O)c2cc(C(=O)Nc3ccc(Cl)cc3C)ccc2C)cc1C. The monoisotopic (exact) mass is 442 g/mol. The fraction of sp³-hybridized carbons (Fsp3) is 0.174. The Morgan fingerprint density at radius 2 is 1.50 bits per heavy atom. The highest BCUT2D eigenvalue weighted by atomic mass is 35.5. The van der Waals surface area contributed by atoms with Crippen molar-refractivity contribution in [2.45, 2.75) is 32.6 Å². The molecule has 0 bridgehead atoms. The van der Waals surface area contributed by atoms with Gasteiger partial charge < -0.3 is 5.32 Å². The van der Waals surface area contributed by atoms with E-state index < -0.39 is 15.9 Å². The quantitative estimate of drug-likeness (QED) is 0.537. The average Bonchev–Trinajstić information content (AvgIpc) is 2.67. The molecule has 0 aliphatic carbocycles. The Morgan fingerprint density at radius 3 is 2.17 bits per heavy atom. The molecule has 0 unspecified atom stereocenters. The predicted molar refractivity (Wildman–Crippen MR) is 122 cm³/mol. The maximum atomic E-state index is 13.0. The summed E-state index contributed by atoms with van der Waals surface area (Å²) in [5.41, 5.74) is 4.75. The summed E-state index contributed by atoms with van der Waals surface area (Å²) in [6.45, 7) is 7.41. The lowest BCUT2D eigenvalue weighted by molar-refractivity contribution is 0.102. The smallest absolute Gasteiger partial charge is 0.262 e. The molecule has 0 aromatic heterocycles. The van der Waals surface area contributed by atoms with Crippen LogP contribution in [0.15, 0.2) is 59.5 Å². The van der Waals surface area contributed by atoms with Crippen LogP contribution in [0.1, 0.15) is 32.6 Å². The summed E-state index contributed by atoms with van der Waals surface area (Å²) in [4.78, 5) is 12.8. The van der Waals surface area contributed by atoms with E-state index in [2.05, 4.69) is 10.0 Å². The number of halogens is 1. The van der Waals surface area contributed by atoms with Gasteiger partial charge in [0.1, 0.15) is 0 Å². The molecule has 1 amide bonds. The van der Waals surface area contributed by atoms with Gasteiger partial charge in [-0.2, -0.15) is 0 Å². The highest BCUT2D eigenvalue weighted by Gasteiger charge is 2.20. The molecule has 0 radical (unpaired) electrons. The van der Waals surface area contributed by atoms with Crippen molar-refractivity contribution in [2.24, 2.45) is 0 Å². The first-order valence-corrected chi connectivity index (χ1v) is 11.2. The molecule has 2 N–H and O–H groups in total. The van der Waals surface area contributed by atoms with Gasteiger partial charge in [0.25, 0.3) is 15.9 Å². The van der Waals surface area contributed by atoms with Gasteiger partial charge in [-0.05, 0) is 92.4 Å². The minimum Gasteiger partial charge on any atom is -0.322 e. The van der Waals surface area contributed by atoms with Crippen molar-refractivity contribution in [3.8, 4) is 0 Å². The minimum absolute atomic E-state index is 0.0567. The molecule has 0 spiro atoms. The van der Waals surface area contributed by atoms with Gasteiger partial charge in [0.05, 0.1) is 4.90 Å². The molecule has 5 nitrogen and oxygen atoms in total. The fourth-order valence-corrected chi connectivity index (χ4v) is 4.56. The standard InChI is InChI=1S/C23H23ClN2O3S/c1-14-6-9-20(12-16(14)3)26-30(28,29)22-13-18(7-5-15(22)2)23(27)25-21-10-8-19(24)11-17(21)4/h5-13,26H,1-4H3,(H,25,27). The second kappa shape index (κ2) is 8.50. The van der Waals surface area contributed by atoms with Crippen LogP contribution in [0.2, 0.25) is 5.02 Å². The van der Waals surface area contributed by atoms with Gasteiger partial charge in [-0.1, -0.05) is 23.7 Å². The van der Waals surface area contributed by atoms with E-state index in [0.717, 1.165) is 16.7 Å². The largest absolute Gasteiger partial charge is 0.322 e. The number of rotatable bonds is 5. The Labute approximate surface area is 182 Å². The number of sulfonamides is 1. The van der Waals surface area contributed by atoms with Gasteiger partial charge in [0, 0.05) is 22.0 Å². The number of aryl methyl sites for hydroxylation is 4. The summed E-state index contributed by atoms with van der Waals surface area (Å²) in [5.74, 6) is -0.400. The first kappa shape index (κ1) is 21.9. The lowest BCUT2D eigenvalue weighted by Crippen LogP contribution is -2.17. The van der Waals surface area contributed by atoms with Crippen LogP contribution in [0.4, 0.5) is 11.4 Å². The number of carbonyl (C=O) groups excluding carboxylic acids is 1. The summed E-state index contributed by atoms with van der Waals surface area (Å²) in [6.07, 6.45) is 0. The van der Waals surface area contributed by atoms with Crippen LogP contribution < -0.4 is 10.0 Å². The molecular weight excluding hydrogens is 420 g/mol. The van der Waals surface area contributed by atoms with Crippen LogP contribution in [0.25, 0.3) is 0 Å². The number of amides is 1. The summed E-state index contributed by atoms with van der Waals surface area (Å²) >= 11 is 5.96. The van der Waals surface area contributed by atoms with E-state index in [1.54, 1.807) is 49.4 Å². The summed E-state index contributed by atoms with van der Waals surface area (Å²) in [6, 6.07) is 15.1. The third-order valence-electron chi connectivity index (χ3n) is 4.94. The third-order valence-corrected chi connectivity index (χ3v) is 6.69. The topological polar surface area (TPSA) is 75.3 Å². The Bertz CT molecular complexity index is 1240. The molecule has 0 aliphatic heterocycles. The maximum absolute atomic E-state index is 13.0. The van der Waals surface area contributed by atoms with Crippen LogP contribution in [0.3, 0.4) is 0 Å². The van der Waals surface area contributed by atoms with E-state index in [-0.39, 0.29) is 10.5 Å². The van der Waals surface area contributed by atoms with Crippen molar-refractivity contribution >= 4 is 38.9 Å². The van der Waals surface area contributed by atoms with E-state index in [9.17, 15) is 13.2 Å². The van der Waals surface area contributed by atoms with Gasteiger partial charge in [-0.25, -0.2) is 8.42 Å². The van der Waals surface area contributed by atoms with Crippen molar-refractivity contribution in [1.29, 1.82) is 0 Å². The molecule has 0 atom stereocenters. The third kappa shape index (κ3) is 4.83. The van der Waals surface area contributed by atoms with Crippen LogP contribution in [0, 0.1) is 27.7 Å². The van der Waals surface area contributed by atoms with Crippen molar-refractivity contribution in [2.75, 3.05) is 10.0 Å². The number of nitrogens with one attached hydrogen (secondary N) is 2. The lowest BCUT2D eigenvalue weighted by atomic mass is 10.1. The molecule has 0 fully saturated rings. The normalized spacial score (nSPS) is 11.2. The second-order valence-electron chi connectivity index (χ2n) is 7.30. The molecule has 3 rings (SSSR count). The van der Waals surface area contributed by atoms with Gasteiger partial charge >= 0.3 is 0 Å². The molecule has 0 heterocycles. The number of anilines is 2. The number of hydrogen-bond acceptors (Lipinski definition) is 3. The summed E-state index contributed by atoms with van der Waals surface area (Å²) in [7, 11) is -3.86. The van der Waals surface area contributed by atoms with Crippen molar-refractivity contribution < 1.29 is 13.2 Å². The zero-order chi connectivity index (χ0) is 22.1. The molecule has 0 aliphatic rings. The van der Waals surface area contributed by atoms with Crippen molar-refractivity contribution in [1.82, 2.24) is 0 Å². The average molecular weight is 443 g/mol. The number of hydrogen-bond donors (Lipinski definition) is 2. The summed E-state index contributed by atoms with van der Waals surface area (Å²) in [5, 5.41) is 3.38. The molecule has 3 aromatic carbocycles. The minimum atomic E-state index is -3.86. The van der Waals surface area contributed by atoms with E-state index in [1.807, 2.05) is 26.8 Å². The molecule has 0 saturated carbocycles. The highest BCUT2D eigenvalue weighted by Crippen LogP contribution is 2.24. The number of benzene rings is 3. The molecular formula is C23H23ClN2O3S. The van der Waals surface area contributed by atoms with E-state index in [1.165, 1.54) is 6.07 Å². The number of carbonyl (C=O) groups is 1. The molecule has 7 heteroatoms. The predicted octanol–water partition coefficient (Wildman–Crippen LogP) is 5.63. The van der Waals surface area contributed by atoms with Gasteiger partial charge in [0.15, 0.2) is 0 Å². The van der Waals surface area contributed by atoms with Crippen LogP contribution in [-0.4, -0.2) is 14.3 Å². The zero-order valence-electron chi connectivity index (χ0n) is 17.2. The van der Waals surface area contributed by atoms with E-state index in [4.69, 9.17) is 11.6 Å². The van der Waals surface area contributed by atoms with Gasteiger partial charge in [-0.3, -0.25) is 9.52 Å². The maximum Gasteiger partial charge on any atom is 0.262 e. The molecule has 3 aromatic rings. The fourth-order valence-electron chi connectivity index (χ4n) is 3.01. The summed E-state index contributed by atoms with van der Waals surface area (Å²) < 4.78 is 28.6.